The normalized spacial score (nSPS) is 24.9. The largest absolute Gasteiger partial charge is 0.543 e. The average Bonchev–Trinajstić information content (AvgIpc) is 3.60. The van der Waals surface area contributed by atoms with Gasteiger partial charge < -0.3 is 55.7 Å². The molecule has 2 atom stereocenters. The Morgan fingerprint density at radius 2 is 1.82 bits per heavy atom. The van der Waals surface area contributed by atoms with Crippen LogP contribution < -0.4 is 21.5 Å². The Bertz CT molecular complexity index is 2060. The maximum atomic E-state index is 13.5. The molecule has 0 unspecified atom stereocenters. The number of benzene rings is 1. The van der Waals surface area contributed by atoms with E-state index in [0.717, 1.165) is 35.5 Å². The van der Waals surface area contributed by atoms with Crippen LogP contribution in [-0.4, -0.2) is 133 Å². The van der Waals surface area contributed by atoms with Gasteiger partial charge in [-0.3, -0.25) is 19.3 Å². The summed E-state index contributed by atoms with van der Waals surface area (Å²) < 4.78 is 0.595. The number of amides is 3. The van der Waals surface area contributed by atoms with E-state index in [-0.39, 0.29) is 44.0 Å². The van der Waals surface area contributed by atoms with Crippen LogP contribution in [0.25, 0.3) is 0 Å². The number of thioether (sulfide) groups is 1. The van der Waals surface area contributed by atoms with E-state index in [1.165, 1.54) is 50.2 Å². The number of aromatic hydroxyl groups is 2. The van der Waals surface area contributed by atoms with Gasteiger partial charge in [0.1, 0.15) is 30.8 Å². The summed E-state index contributed by atoms with van der Waals surface area (Å²) >= 11 is 8.49. The standard InChI is InChI=1S/C34H39ClN8O11S2/c1-33(2,31(51)52)54-41-22(18-14-56-32(36)38-18)27(47)39-23-28(48)42-24(30(49)50)16(13-55-29(23)42)12-43-9-6-34(7-10-43,8-11-43)15-37-26(46)21(40-53-3)17-4-5-19(44)25(45)20(17)35/h4-5,14,23,29H,6-13,15H2,1-3H3,(H7-,36,37,38,39,40,41,44,45,46,47,49,50,51,52)/t23-,29-,34?,43?/m1/s1. The van der Waals surface area contributed by atoms with E-state index in [1.54, 1.807) is 0 Å². The highest BCUT2D eigenvalue weighted by atomic mass is 35.5. The Balaban J connectivity index is 1.11. The number of nitrogens with two attached hydrogens (primary N) is 1. The fourth-order valence-corrected chi connectivity index (χ4v) is 9.37. The smallest absolute Gasteiger partial charge is 0.350 e. The Morgan fingerprint density at radius 3 is 2.41 bits per heavy atom. The van der Waals surface area contributed by atoms with E-state index in [2.05, 4.69) is 25.9 Å². The first-order valence-electron chi connectivity index (χ1n) is 17.3. The third-order valence-corrected chi connectivity index (χ3v) is 13.0. The molecular weight excluding hydrogens is 796 g/mol. The van der Waals surface area contributed by atoms with Crippen LogP contribution in [0.4, 0.5) is 5.13 Å². The summed E-state index contributed by atoms with van der Waals surface area (Å²) in [6.07, 6.45) is 2.19. The van der Waals surface area contributed by atoms with E-state index in [1.807, 2.05) is 0 Å². The van der Waals surface area contributed by atoms with E-state index < -0.39 is 63.9 Å². The third-order valence-electron chi connectivity index (χ3n) is 10.6. The second-order valence-corrected chi connectivity index (χ2v) is 16.9. The number of oxime groups is 2. The van der Waals surface area contributed by atoms with Crippen molar-refractivity contribution in [3.8, 4) is 11.5 Å². The zero-order valence-electron chi connectivity index (χ0n) is 30.4. The molecule has 0 spiro atoms. The van der Waals surface area contributed by atoms with Gasteiger partial charge in [0.25, 0.3) is 17.7 Å². The number of hydrogen-bond donors (Lipinski definition) is 6. The van der Waals surface area contributed by atoms with Crippen LogP contribution in [0.15, 0.2) is 39.1 Å². The van der Waals surface area contributed by atoms with Gasteiger partial charge in [0.15, 0.2) is 28.1 Å². The number of quaternary nitrogens is 1. The number of anilines is 1. The van der Waals surface area contributed by atoms with E-state index in [4.69, 9.17) is 27.0 Å². The van der Waals surface area contributed by atoms with E-state index >= 15 is 0 Å². The number of phenols is 2. The molecule has 56 heavy (non-hydrogen) atoms. The Morgan fingerprint density at radius 1 is 1.14 bits per heavy atom. The fourth-order valence-electron chi connectivity index (χ4n) is 7.24. The molecule has 2 aromatic rings. The highest BCUT2D eigenvalue weighted by Gasteiger charge is 2.55. The van der Waals surface area contributed by atoms with Gasteiger partial charge >= 0.3 is 5.97 Å². The highest BCUT2D eigenvalue weighted by Crippen LogP contribution is 2.46. The molecule has 6 heterocycles. The lowest BCUT2D eigenvalue weighted by Crippen LogP contribution is -2.72. The number of halogens is 1. The first-order chi connectivity index (χ1) is 26.4. The van der Waals surface area contributed by atoms with Crippen LogP contribution in [0.5, 0.6) is 11.5 Å². The Labute approximate surface area is 332 Å². The summed E-state index contributed by atoms with van der Waals surface area (Å²) in [6, 6.07) is 1.40. The number of carboxylic acid groups (broad SMARTS) is 2. The lowest BCUT2D eigenvalue weighted by Gasteiger charge is -2.56. The molecule has 7 N–H and O–H groups in total. The van der Waals surface area contributed by atoms with Gasteiger partial charge in [-0.1, -0.05) is 21.9 Å². The quantitative estimate of drug-likeness (QED) is 0.0479. The van der Waals surface area contributed by atoms with E-state index in [9.17, 15) is 44.4 Å². The number of aliphatic carboxylic acids is 2. The van der Waals surface area contributed by atoms with Gasteiger partial charge in [-0.05, 0) is 26.0 Å². The zero-order chi connectivity index (χ0) is 40.7. The minimum Gasteiger partial charge on any atom is -0.543 e. The maximum absolute atomic E-state index is 13.5. The molecule has 19 nitrogen and oxygen atoms in total. The number of carboxylic acids is 2. The van der Waals surface area contributed by atoms with Crippen LogP contribution in [-0.2, 0) is 33.6 Å². The topological polar surface area (TPSA) is 278 Å². The average molecular weight is 835 g/mol. The fraction of sp³-hybridized carbons (Fsp3) is 0.471. The van der Waals surface area contributed by atoms with Crippen molar-refractivity contribution in [3.05, 3.63) is 45.1 Å². The second-order valence-electron chi connectivity index (χ2n) is 14.5. The molecule has 0 aliphatic carbocycles. The van der Waals surface area contributed by atoms with Crippen LogP contribution in [0.3, 0.4) is 0 Å². The summed E-state index contributed by atoms with van der Waals surface area (Å²) in [5, 5.41) is 55.4. The molecule has 5 aliphatic rings. The molecular formula is C34H39ClN8O11S2. The summed E-state index contributed by atoms with van der Waals surface area (Å²) in [7, 11) is 1.26. The highest BCUT2D eigenvalue weighted by molar-refractivity contribution is 8.00. The van der Waals surface area contributed by atoms with Gasteiger partial charge in [-0.25, -0.2) is 9.78 Å². The summed E-state index contributed by atoms with van der Waals surface area (Å²) in [5.41, 5.74) is 3.52. The van der Waals surface area contributed by atoms with Crippen molar-refractivity contribution in [2.24, 2.45) is 15.7 Å². The minimum absolute atomic E-state index is 0.00283. The molecule has 0 saturated carbocycles. The molecule has 300 valence electrons. The van der Waals surface area contributed by atoms with Gasteiger partial charge in [0.05, 0.1) is 36.3 Å². The summed E-state index contributed by atoms with van der Waals surface area (Å²) in [6.45, 7) is 5.25. The predicted molar refractivity (Wildman–Crippen MR) is 200 cm³/mol. The predicted octanol–water partition coefficient (Wildman–Crippen LogP) is -0.0547. The molecule has 7 rings (SSSR count). The lowest BCUT2D eigenvalue weighted by molar-refractivity contribution is -0.941. The van der Waals surface area contributed by atoms with Crippen LogP contribution in [0.1, 0.15) is 44.4 Å². The molecule has 1 aromatic carbocycles. The van der Waals surface area contributed by atoms with Crippen LogP contribution >= 0.6 is 34.7 Å². The number of aromatic nitrogens is 1. The van der Waals surface area contributed by atoms with E-state index in [0.29, 0.717) is 42.8 Å². The van der Waals surface area contributed by atoms with Gasteiger partial charge in [0, 0.05) is 53.5 Å². The number of nitrogens with one attached hydrogen (secondary N) is 2. The number of hydrogen-bond acceptors (Lipinski definition) is 16. The van der Waals surface area contributed by atoms with Crippen molar-refractivity contribution >= 4 is 80.9 Å². The first-order valence-corrected chi connectivity index (χ1v) is 19.6. The second kappa shape index (κ2) is 15.4. The molecule has 3 amide bonds. The molecule has 5 aliphatic heterocycles. The number of phenolic OH excluding ortho intramolecular Hbond substituents is 2. The monoisotopic (exact) mass is 834 g/mol. The van der Waals surface area contributed by atoms with Crippen molar-refractivity contribution in [1.82, 2.24) is 20.5 Å². The number of carbonyl (C=O) groups excluding carboxylic acids is 4. The number of β-lactam (4-membered cyclic amide) rings is 1. The van der Waals surface area contributed by atoms with Gasteiger partial charge in [-0.15, -0.1) is 23.1 Å². The number of nitrogens with zero attached hydrogens (tertiary/aromatic N) is 5. The zero-order valence-corrected chi connectivity index (χ0v) is 32.8. The minimum atomic E-state index is -1.80. The van der Waals surface area contributed by atoms with Gasteiger partial charge in [-0.2, -0.15) is 0 Å². The van der Waals surface area contributed by atoms with Crippen molar-refractivity contribution in [2.75, 3.05) is 51.3 Å². The lowest BCUT2D eigenvalue weighted by atomic mass is 9.70. The van der Waals surface area contributed by atoms with Crippen molar-refractivity contribution in [2.45, 2.75) is 50.1 Å². The van der Waals surface area contributed by atoms with Crippen molar-refractivity contribution in [3.63, 3.8) is 0 Å². The molecule has 22 heteroatoms. The van der Waals surface area contributed by atoms with Crippen LogP contribution in [0.2, 0.25) is 5.02 Å². The molecule has 4 fully saturated rings. The number of piperidine rings is 3. The van der Waals surface area contributed by atoms with Crippen molar-refractivity contribution < 1.29 is 58.6 Å². The number of thiazole rings is 1. The number of carbonyl (C=O) groups is 5. The number of fused-ring (bicyclic) bond motifs is 4. The summed E-state index contributed by atoms with van der Waals surface area (Å²) in [4.78, 5) is 79.6. The molecule has 0 radical (unpaired) electrons. The number of nitrogen functional groups attached to an aromatic ring is 1. The Kier molecular flexibility index (Phi) is 11.2. The SMILES string of the molecule is CO/N=C(\C(=O)NCC12CC[N+](CC3=C(C(=O)[O-])N4C(=O)[C@@H](NC(=O)/C(=N\OC(C)(C)C(=O)O)c5csc(N)n5)[C@H]4SC3)(CC1)CC2)c1ccc(O)c(O)c1Cl. The number of rotatable bonds is 14. The summed E-state index contributed by atoms with van der Waals surface area (Å²) in [5.74, 6) is -5.77. The van der Waals surface area contributed by atoms with Crippen molar-refractivity contribution in [1.29, 1.82) is 0 Å². The molecule has 1 aromatic heterocycles. The maximum Gasteiger partial charge on any atom is 0.350 e. The molecule has 4 saturated heterocycles. The van der Waals surface area contributed by atoms with Crippen LogP contribution in [0, 0.1) is 5.41 Å². The Hall–Kier alpha value is -5.12. The molecule has 2 bridgehead atoms. The third kappa shape index (κ3) is 7.67. The van der Waals surface area contributed by atoms with Gasteiger partial charge in [0.2, 0.25) is 5.60 Å². The first kappa shape index (κ1) is 40.5.